The highest BCUT2D eigenvalue weighted by atomic mass is 19.4. The molecule has 0 aromatic carbocycles. The van der Waals surface area contributed by atoms with E-state index in [-0.39, 0.29) is 69.8 Å². The molecular formula is C24H26F6N6O3. The van der Waals surface area contributed by atoms with Gasteiger partial charge in [-0.05, 0) is 31.3 Å². The average Bonchev–Trinajstić information content (AvgIpc) is 3.40. The van der Waals surface area contributed by atoms with Gasteiger partial charge in [0.1, 0.15) is 11.3 Å². The van der Waals surface area contributed by atoms with Gasteiger partial charge in [-0.3, -0.25) is 14.3 Å². The molecule has 1 unspecified atom stereocenters. The number of hydrogen-bond donors (Lipinski definition) is 2. The maximum Gasteiger partial charge on any atom is 0.412 e. The topological polar surface area (TPSA) is 117 Å². The van der Waals surface area contributed by atoms with Crippen LogP contribution in [0.4, 0.5) is 26.3 Å². The number of halogens is 6. The Morgan fingerprint density at radius 3 is 2.28 bits per heavy atom. The lowest BCUT2D eigenvalue weighted by Crippen LogP contribution is -2.65. The molecule has 9 nitrogen and oxygen atoms in total. The summed E-state index contributed by atoms with van der Waals surface area (Å²) in [6.45, 7) is 0.188. The van der Waals surface area contributed by atoms with Gasteiger partial charge in [-0.25, -0.2) is 0 Å². The summed E-state index contributed by atoms with van der Waals surface area (Å²) in [6, 6.07) is 0. The second-order valence-electron chi connectivity index (χ2n) is 10.8. The third-order valence-electron chi connectivity index (χ3n) is 8.25. The predicted octanol–water partition coefficient (Wildman–Crippen LogP) is 3.08. The number of nitrogens with zero attached hydrogens (tertiary/aromatic N) is 5. The summed E-state index contributed by atoms with van der Waals surface area (Å²) in [5.74, 6) is -2.28. The molecule has 0 bridgehead atoms. The van der Waals surface area contributed by atoms with Gasteiger partial charge in [0.15, 0.2) is 0 Å². The fourth-order valence-corrected chi connectivity index (χ4v) is 5.82. The Balaban J connectivity index is 1.26. The zero-order valence-corrected chi connectivity index (χ0v) is 20.6. The molecule has 1 saturated carbocycles. The van der Waals surface area contributed by atoms with E-state index in [1.807, 2.05) is 0 Å². The second kappa shape index (κ2) is 9.01. The van der Waals surface area contributed by atoms with E-state index in [1.165, 1.54) is 28.1 Å². The standard InChI is InChI=1S/C24H26F6N6O3/c25-23(26,27)16-3-1-14(2-4-16)8-36-9-15(7-32-36)19(37)34-10-17(18(31)33-39)21(11-34)12-35(13-21)20(38)22(5-6-22)24(28,29)30/h1,3,7,9,17,39H,2,4-6,8,10-13H2,(H2,31,33). The van der Waals surface area contributed by atoms with Crippen LogP contribution in [0.2, 0.25) is 0 Å². The third-order valence-corrected chi connectivity index (χ3v) is 8.25. The molecule has 3 fully saturated rings. The van der Waals surface area contributed by atoms with Gasteiger partial charge < -0.3 is 20.7 Å². The highest BCUT2D eigenvalue weighted by molar-refractivity contribution is 5.95. The number of rotatable bonds is 5. The van der Waals surface area contributed by atoms with Gasteiger partial charge >= 0.3 is 12.4 Å². The number of carbonyl (C=O) groups is 2. The van der Waals surface area contributed by atoms with Crippen molar-refractivity contribution >= 4 is 17.6 Å². The van der Waals surface area contributed by atoms with Gasteiger partial charge in [0.05, 0.1) is 18.3 Å². The van der Waals surface area contributed by atoms with E-state index in [1.54, 1.807) is 0 Å². The Morgan fingerprint density at radius 2 is 1.74 bits per heavy atom. The summed E-state index contributed by atoms with van der Waals surface area (Å²) in [7, 11) is 0. The van der Waals surface area contributed by atoms with Crippen LogP contribution in [0.1, 0.15) is 36.0 Å². The van der Waals surface area contributed by atoms with Crippen molar-refractivity contribution in [3.8, 4) is 0 Å². The highest BCUT2D eigenvalue weighted by Crippen LogP contribution is 2.60. The van der Waals surface area contributed by atoms with E-state index in [0.29, 0.717) is 5.57 Å². The van der Waals surface area contributed by atoms with Crippen LogP contribution >= 0.6 is 0 Å². The van der Waals surface area contributed by atoms with Crippen molar-refractivity contribution in [1.82, 2.24) is 19.6 Å². The smallest absolute Gasteiger partial charge is 0.409 e. The summed E-state index contributed by atoms with van der Waals surface area (Å²) in [6.07, 6.45) is -4.23. The molecule has 2 amide bonds. The number of allylic oxidation sites excluding steroid dienone is 4. The van der Waals surface area contributed by atoms with E-state index in [2.05, 4.69) is 10.3 Å². The quantitative estimate of drug-likeness (QED) is 0.189. The Hall–Kier alpha value is -3.52. The Bertz CT molecular complexity index is 1270. The Morgan fingerprint density at radius 1 is 1.08 bits per heavy atom. The van der Waals surface area contributed by atoms with Crippen LogP contribution in [0.15, 0.2) is 40.8 Å². The maximum absolute atomic E-state index is 13.4. The van der Waals surface area contributed by atoms with E-state index in [0.717, 1.165) is 11.0 Å². The fourth-order valence-electron chi connectivity index (χ4n) is 5.82. The number of alkyl halides is 6. The summed E-state index contributed by atoms with van der Waals surface area (Å²) in [4.78, 5) is 28.5. The molecule has 3 N–H and O–H groups in total. The van der Waals surface area contributed by atoms with Crippen LogP contribution in [0, 0.1) is 16.7 Å². The number of aromatic nitrogens is 2. The molecule has 2 aliphatic heterocycles. The van der Waals surface area contributed by atoms with E-state index in [9.17, 15) is 41.1 Å². The molecule has 4 aliphatic rings. The van der Waals surface area contributed by atoms with Crippen molar-refractivity contribution in [3.05, 3.63) is 41.3 Å². The van der Waals surface area contributed by atoms with Gasteiger partial charge in [0, 0.05) is 49.3 Å². The lowest BCUT2D eigenvalue weighted by molar-refractivity contribution is -0.204. The fraction of sp³-hybridized carbons (Fsp3) is 0.583. The van der Waals surface area contributed by atoms with Crippen molar-refractivity contribution in [3.63, 3.8) is 0 Å². The number of likely N-dealkylation sites (tertiary alicyclic amines) is 2. The minimum Gasteiger partial charge on any atom is -0.409 e. The van der Waals surface area contributed by atoms with Crippen LogP contribution in [0.5, 0.6) is 0 Å². The molecule has 15 heteroatoms. The molecule has 3 heterocycles. The summed E-state index contributed by atoms with van der Waals surface area (Å²) in [5, 5.41) is 16.5. The molecule has 212 valence electrons. The number of amides is 2. The lowest BCUT2D eigenvalue weighted by Gasteiger charge is -2.51. The van der Waals surface area contributed by atoms with Crippen LogP contribution in [-0.4, -0.2) is 81.0 Å². The first-order chi connectivity index (χ1) is 18.2. The maximum atomic E-state index is 13.4. The number of amidine groups is 1. The monoisotopic (exact) mass is 560 g/mol. The minimum atomic E-state index is -4.64. The molecule has 5 rings (SSSR count). The normalized spacial score (nSPS) is 24.4. The van der Waals surface area contributed by atoms with Gasteiger partial charge in [-0.15, -0.1) is 0 Å². The summed E-state index contributed by atoms with van der Waals surface area (Å²) in [5.41, 5.74) is 2.99. The molecule has 2 aliphatic carbocycles. The van der Waals surface area contributed by atoms with Crippen molar-refractivity contribution in [2.24, 2.45) is 27.6 Å². The van der Waals surface area contributed by atoms with E-state index in [4.69, 9.17) is 5.73 Å². The number of hydrogen-bond acceptors (Lipinski definition) is 5. The molecule has 1 spiro atoms. The van der Waals surface area contributed by atoms with E-state index >= 15 is 0 Å². The highest BCUT2D eigenvalue weighted by Gasteiger charge is 2.71. The first kappa shape index (κ1) is 27.1. The Labute approximate surface area is 218 Å². The molecule has 1 atom stereocenters. The van der Waals surface area contributed by atoms with Crippen molar-refractivity contribution in [1.29, 1.82) is 0 Å². The third kappa shape index (κ3) is 4.65. The lowest BCUT2D eigenvalue weighted by atomic mass is 9.70. The number of oxime groups is 1. The zero-order chi connectivity index (χ0) is 28.4. The number of carbonyl (C=O) groups excluding carboxylic acids is 2. The first-order valence-electron chi connectivity index (χ1n) is 12.3. The van der Waals surface area contributed by atoms with Crippen LogP contribution in [0.25, 0.3) is 0 Å². The average molecular weight is 560 g/mol. The first-order valence-corrected chi connectivity index (χ1v) is 12.3. The second-order valence-corrected chi connectivity index (χ2v) is 10.8. The largest absolute Gasteiger partial charge is 0.412 e. The van der Waals surface area contributed by atoms with Gasteiger partial charge in [0.25, 0.3) is 5.91 Å². The molecule has 0 radical (unpaired) electrons. The van der Waals surface area contributed by atoms with E-state index < -0.39 is 46.5 Å². The van der Waals surface area contributed by atoms with Crippen molar-refractivity contribution < 1.29 is 41.1 Å². The van der Waals surface area contributed by atoms with Gasteiger partial charge in [-0.1, -0.05) is 17.3 Å². The van der Waals surface area contributed by atoms with Crippen molar-refractivity contribution in [2.75, 3.05) is 26.2 Å². The molecule has 39 heavy (non-hydrogen) atoms. The molecule has 1 aromatic rings. The SMILES string of the molecule is N/C(=N\O)C1CN(C(=O)c2cnn(CC3=CC=C(C(F)(F)F)CC3)c2)CC12CN(C(=O)C1(C(F)(F)F)CC1)C2. The van der Waals surface area contributed by atoms with Crippen molar-refractivity contribution in [2.45, 2.75) is 44.6 Å². The van der Waals surface area contributed by atoms with Crippen LogP contribution in [-0.2, 0) is 11.3 Å². The van der Waals surface area contributed by atoms with Gasteiger partial charge in [-0.2, -0.15) is 31.4 Å². The minimum absolute atomic E-state index is 0.0303. The van der Waals surface area contributed by atoms with Crippen LogP contribution in [0.3, 0.4) is 0 Å². The van der Waals surface area contributed by atoms with Gasteiger partial charge in [0.2, 0.25) is 5.91 Å². The van der Waals surface area contributed by atoms with Crippen LogP contribution < -0.4 is 5.73 Å². The molecule has 1 aromatic heterocycles. The summed E-state index contributed by atoms with van der Waals surface area (Å²) < 4.78 is 80.2. The predicted molar refractivity (Wildman–Crippen MR) is 123 cm³/mol. The summed E-state index contributed by atoms with van der Waals surface area (Å²) >= 11 is 0. The Kier molecular flexibility index (Phi) is 6.25. The number of nitrogens with two attached hydrogens (primary N) is 1. The molecule has 2 saturated heterocycles. The zero-order valence-electron chi connectivity index (χ0n) is 20.6. The molecular weight excluding hydrogens is 534 g/mol.